The molecule has 2 aromatic heterocycles. The number of hydrogen-bond acceptors (Lipinski definition) is 6. The van der Waals surface area contributed by atoms with Crippen LogP contribution in [0.1, 0.15) is 5.89 Å². The molecule has 120 valence electrons. The average Bonchev–Trinajstić information content (AvgIpc) is 3.27. The van der Waals surface area contributed by atoms with Crippen molar-refractivity contribution in [3.05, 3.63) is 60.5 Å². The smallest absolute Gasteiger partial charge is 0.244 e. The minimum Gasteiger partial charge on any atom is -0.441 e. The fraction of sp³-hybridized carbons (Fsp3) is 0.125. The van der Waals surface area contributed by atoms with Gasteiger partial charge in [-0.2, -0.15) is 4.68 Å². The van der Waals surface area contributed by atoms with Gasteiger partial charge in [-0.3, -0.25) is 4.21 Å². The van der Waals surface area contributed by atoms with Crippen LogP contribution in [0.5, 0.6) is 0 Å². The largest absolute Gasteiger partial charge is 0.441 e. The van der Waals surface area contributed by atoms with Gasteiger partial charge in [-0.1, -0.05) is 35.4 Å². The van der Waals surface area contributed by atoms with E-state index in [1.807, 2.05) is 54.6 Å². The Morgan fingerprint density at radius 2 is 1.83 bits per heavy atom. The van der Waals surface area contributed by atoms with Crippen molar-refractivity contribution >= 4 is 21.9 Å². The summed E-state index contributed by atoms with van der Waals surface area (Å²) in [6.07, 6.45) is 0.447. The third-order valence-corrected chi connectivity index (χ3v) is 4.72. The fourth-order valence-electron chi connectivity index (χ4n) is 2.35. The minimum absolute atomic E-state index is 0.317. The lowest BCUT2D eigenvalue weighted by Crippen LogP contribution is -2.09. The highest BCUT2D eigenvalue weighted by atomic mass is 32.2. The predicted molar refractivity (Wildman–Crippen MR) is 88.1 cm³/mol. The third-order valence-electron chi connectivity index (χ3n) is 3.48. The lowest BCUT2D eigenvalue weighted by molar-refractivity contribution is 0.537. The Kier molecular flexibility index (Phi) is 3.87. The predicted octanol–water partition coefficient (Wildman–Crippen LogP) is 2.15. The van der Waals surface area contributed by atoms with Gasteiger partial charge in [0.25, 0.3) is 0 Å². The molecule has 0 saturated carbocycles. The van der Waals surface area contributed by atoms with Gasteiger partial charge in [0, 0.05) is 12.2 Å². The van der Waals surface area contributed by atoms with E-state index in [-0.39, 0.29) is 0 Å². The molecule has 0 bridgehead atoms. The molecular formula is C16H13N5O2S. The standard InChI is InChI=1S/C16H13N5O2S/c22-24(11-10-15-17-13-8-4-5-9-14(13)23-15)16-18-19-20-21(16)12-6-2-1-3-7-12/h1-9H,10-11H2. The topological polar surface area (TPSA) is 86.7 Å². The maximum absolute atomic E-state index is 12.6. The van der Waals surface area contributed by atoms with Gasteiger partial charge in [-0.25, -0.2) is 4.98 Å². The Morgan fingerprint density at radius 3 is 2.67 bits per heavy atom. The first kappa shape index (κ1) is 14.7. The van der Waals surface area contributed by atoms with Crippen molar-refractivity contribution < 1.29 is 8.63 Å². The van der Waals surface area contributed by atoms with Gasteiger partial charge in [-0.15, -0.1) is 0 Å². The molecule has 0 saturated heterocycles. The monoisotopic (exact) mass is 339 g/mol. The van der Waals surface area contributed by atoms with E-state index >= 15 is 0 Å². The molecule has 0 spiro atoms. The highest BCUT2D eigenvalue weighted by molar-refractivity contribution is 7.84. The van der Waals surface area contributed by atoms with E-state index in [0.717, 1.165) is 16.8 Å². The van der Waals surface area contributed by atoms with Crippen molar-refractivity contribution in [3.63, 3.8) is 0 Å². The molecule has 7 nitrogen and oxygen atoms in total. The second-order valence-electron chi connectivity index (χ2n) is 5.08. The van der Waals surface area contributed by atoms with E-state index in [1.54, 1.807) is 0 Å². The number of tetrazole rings is 1. The number of aryl methyl sites for hydroxylation is 1. The average molecular weight is 339 g/mol. The fourth-order valence-corrected chi connectivity index (χ4v) is 3.36. The van der Waals surface area contributed by atoms with Crippen molar-refractivity contribution in [2.24, 2.45) is 0 Å². The van der Waals surface area contributed by atoms with E-state index in [0.29, 0.717) is 23.2 Å². The van der Waals surface area contributed by atoms with Gasteiger partial charge in [0.15, 0.2) is 11.5 Å². The summed E-state index contributed by atoms with van der Waals surface area (Å²) in [5, 5.41) is 11.8. The molecule has 4 aromatic rings. The van der Waals surface area contributed by atoms with Gasteiger partial charge in [0.05, 0.1) is 16.5 Å². The molecule has 0 radical (unpaired) electrons. The third kappa shape index (κ3) is 2.83. The molecule has 8 heteroatoms. The summed E-state index contributed by atoms with van der Waals surface area (Å²) < 4.78 is 19.7. The highest BCUT2D eigenvalue weighted by Gasteiger charge is 2.16. The lowest BCUT2D eigenvalue weighted by atomic mass is 10.3. The van der Waals surface area contributed by atoms with Gasteiger partial charge in [-0.05, 0) is 34.7 Å². The van der Waals surface area contributed by atoms with Gasteiger partial charge < -0.3 is 4.42 Å². The second-order valence-corrected chi connectivity index (χ2v) is 6.55. The normalized spacial score (nSPS) is 12.5. The maximum Gasteiger partial charge on any atom is 0.244 e. The van der Waals surface area contributed by atoms with Crippen LogP contribution >= 0.6 is 0 Å². The van der Waals surface area contributed by atoms with Crippen LogP contribution in [-0.2, 0) is 17.2 Å². The second kappa shape index (κ2) is 6.32. The molecule has 0 aliphatic heterocycles. The Bertz CT molecular complexity index is 963. The number of benzene rings is 2. The summed E-state index contributed by atoms with van der Waals surface area (Å²) in [5.74, 6) is 0.892. The highest BCUT2D eigenvalue weighted by Crippen LogP contribution is 2.16. The van der Waals surface area contributed by atoms with E-state index in [1.165, 1.54) is 4.68 Å². The number of rotatable bonds is 5. The van der Waals surface area contributed by atoms with Crippen molar-refractivity contribution in [2.75, 3.05) is 5.75 Å². The number of hydrogen-bond donors (Lipinski definition) is 0. The molecule has 0 aliphatic rings. The molecule has 0 amide bonds. The van der Waals surface area contributed by atoms with Crippen LogP contribution in [0.4, 0.5) is 0 Å². The van der Waals surface area contributed by atoms with E-state index < -0.39 is 10.8 Å². The van der Waals surface area contributed by atoms with Crippen LogP contribution in [-0.4, -0.2) is 35.2 Å². The zero-order valence-electron chi connectivity index (χ0n) is 12.6. The molecule has 4 rings (SSSR count). The van der Waals surface area contributed by atoms with Crippen LogP contribution in [0.2, 0.25) is 0 Å². The van der Waals surface area contributed by atoms with Crippen LogP contribution in [0.15, 0.2) is 64.2 Å². The zero-order chi connectivity index (χ0) is 16.4. The Morgan fingerprint density at radius 1 is 1.04 bits per heavy atom. The first-order chi connectivity index (χ1) is 11.8. The van der Waals surface area contributed by atoms with Crippen molar-refractivity contribution in [2.45, 2.75) is 11.6 Å². The molecule has 2 heterocycles. The van der Waals surface area contributed by atoms with E-state index in [4.69, 9.17) is 4.42 Å². The summed E-state index contributed by atoms with van der Waals surface area (Å²) in [6.45, 7) is 0. The Labute approximate surface area is 139 Å². The summed E-state index contributed by atoms with van der Waals surface area (Å²) >= 11 is 0. The first-order valence-corrected chi connectivity index (χ1v) is 8.70. The van der Waals surface area contributed by atoms with Gasteiger partial charge >= 0.3 is 0 Å². The van der Waals surface area contributed by atoms with Gasteiger partial charge in [0.2, 0.25) is 5.16 Å². The summed E-state index contributed by atoms with van der Waals surface area (Å²) in [5.41, 5.74) is 2.30. The summed E-state index contributed by atoms with van der Waals surface area (Å²) in [4.78, 5) is 4.39. The SMILES string of the molecule is O=S(CCc1nc2ccccc2o1)c1nnnn1-c1ccccc1. The molecule has 0 aliphatic carbocycles. The van der Waals surface area contributed by atoms with E-state index in [9.17, 15) is 4.21 Å². The van der Waals surface area contributed by atoms with Crippen LogP contribution in [0.25, 0.3) is 16.8 Å². The Hall–Kier alpha value is -2.87. The quantitative estimate of drug-likeness (QED) is 0.554. The van der Waals surface area contributed by atoms with Crippen LogP contribution in [0, 0.1) is 0 Å². The lowest BCUT2D eigenvalue weighted by Gasteiger charge is -2.03. The number of aromatic nitrogens is 5. The summed E-state index contributed by atoms with van der Waals surface area (Å²) in [6, 6.07) is 16.9. The van der Waals surface area contributed by atoms with Gasteiger partial charge in [0.1, 0.15) is 5.52 Å². The van der Waals surface area contributed by atoms with Crippen molar-refractivity contribution in [1.29, 1.82) is 0 Å². The molecule has 0 N–H and O–H groups in total. The van der Waals surface area contributed by atoms with Crippen LogP contribution < -0.4 is 0 Å². The van der Waals surface area contributed by atoms with E-state index in [2.05, 4.69) is 20.5 Å². The zero-order valence-corrected chi connectivity index (χ0v) is 13.4. The number of para-hydroxylation sites is 3. The molecular weight excluding hydrogens is 326 g/mol. The Balaban J connectivity index is 1.52. The molecule has 1 unspecified atom stereocenters. The molecule has 0 fully saturated rings. The molecule has 2 aromatic carbocycles. The number of fused-ring (bicyclic) bond motifs is 1. The molecule has 1 atom stereocenters. The summed E-state index contributed by atoms with van der Waals surface area (Å²) in [7, 11) is -1.36. The van der Waals surface area contributed by atoms with Crippen molar-refractivity contribution in [1.82, 2.24) is 25.2 Å². The maximum atomic E-state index is 12.6. The van der Waals surface area contributed by atoms with Crippen molar-refractivity contribution in [3.8, 4) is 5.69 Å². The van der Waals surface area contributed by atoms with Crippen LogP contribution in [0.3, 0.4) is 0 Å². The number of oxazole rings is 1. The minimum atomic E-state index is -1.36. The first-order valence-electron chi connectivity index (χ1n) is 7.38. The molecule has 24 heavy (non-hydrogen) atoms. The number of nitrogens with zero attached hydrogens (tertiary/aromatic N) is 5.